The molecule has 8 nitrogen and oxygen atoms in total. The average molecular weight is 540 g/mol. The molecule has 0 aliphatic carbocycles. The standard InChI is InChI=1S/C22H36N8.HI/c1-3-21-27-26-19-30(21)14-12-25-22(23-4-2)24-11-8-13-28-15-17-29(18-16-28)20-9-6-5-7-10-20;/h5-7,9-10,19H,3-4,8,11-18H2,1-2H3,(H2,23,24,25);1H. The first kappa shape index (κ1) is 25.4. The van der Waals surface area contributed by atoms with Crippen LogP contribution < -0.4 is 15.5 Å². The van der Waals surface area contributed by atoms with Crippen LogP contribution >= 0.6 is 24.0 Å². The van der Waals surface area contributed by atoms with E-state index in [2.05, 4.69) is 79.4 Å². The van der Waals surface area contributed by atoms with Gasteiger partial charge < -0.3 is 20.1 Å². The number of benzene rings is 1. The Morgan fingerprint density at radius 3 is 2.52 bits per heavy atom. The molecule has 0 amide bonds. The van der Waals surface area contributed by atoms with Gasteiger partial charge in [-0.2, -0.15) is 0 Å². The quantitative estimate of drug-likeness (QED) is 0.209. The monoisotopic (exact) mass is 540 g/mol. The first-order chi connectivity index (χ1) is 14.8. The molecule has 2 heterocycles. The lowest BCUT2D eigenvalue weighted by atomic mass is 10.2. The number of aromatic nitrogens is 3. The highest BCUT2D eigenvalue weighted by atomic mass is 127. The number of halogens is 1. The Morgan fingerprint density at radius 1 is 1.03 bits per heavy atom. The van der Waals surface area contributed by atoms with Crippen LogP contribution in [0.25, 0.3) is 0 Å². The van der Waals surface area contributed by atoms with E-state index < -0.39 is 0 Å². The van der Waals surface area contributed by atoms with Crippen LogP contribution in [0.3, 0.4) is 0 Å². The Balaban J connectivity index is 0.00000341. The van der Waals surface area contributed by atoms with Crippen LogP contribution in [0, 0.1) is 0 Å². The van der Waals surface area contributed by atoms with Crippen molar-refractivity contribution in [2.75, 3.05) is 57.3 Å². The molecule has 31 heavy (non-hydrogen) atoms. The van der Waals surface area contributed by atoms with Crippen molar-refractivity contribution in [1.29, 1.82) is 0 Å². The van der Waals surface area contributed by atoms with E-state index in [0.717, 1.165) is 83.5 Å². The topological polar surface area (TPSA) is 73.6 Å². The molecule has 1 fully saturated rings. The molecule has 0 radical (unpaired) electrons. The highest BCUT2D eigenvalue weighted by Gasteiger charge is 2.16. The third-order valence-electron chi connectivity index (χ3n) is 5.40. The van der Waals surface area contributed by atoms with Crippen molar-refractivity contribution in [1.82, 2.24) is 30.3 Å². The van der Waals surface area contributed by atoms with Crippen LogP contribution in [-0.2, 0) is 13.0 Å². The molecule has 0 atom stereocenters. The minimum absolute atomic E-state index is 0. The van der Waals surface area contributed by atoms with Gasteiger partial charge in [0.15, 0.2) is 5.96 Å². The fraction of sp³-hybridized carbons (Fsp3) is 0.591. The number of hydrogen-bond donors (Lipinski definition) is 2. The van der Waals surface area contributed by atoms with Crippen LogP contribution in [0.4, 0.5) is 5.69 Å². The summed E-state index contributed by atoms with van der Waals surface area (Å²) in [5.74, 6) is 1.91. The van der Waals surface area contributed by atoms with Crippen LogP contribution in [0.15, 0.2) is 41.7 Å². The number of hydrogen-bond acceptors (Lipinski definition) is 5. The molecule has 2 N–H and O–H groups in total. The number of aliphatic imine (C=N–C) groups is 1. The second kappa shape index (κ2) is 14.2. The molecule has 0 spiro atoms. The fourth-order valence-electron chi connectivity index (χ4n) is 3.73. The molecule has 2 aromatic rings. The van der Waals surface area contributed by atoms with Crippen molar-refractivity contribution >= 4 is 35.6 Å². The predicted molar refractivity (Wildman–Crippen MR) is 139 cm³/mol. The number of piperazine rings is 1. The van der Waals surface area contributed by atoms with Gasteiger partial charge in [-0.25, -0.2) is 0 Å². The Kier molecular flexibility index (Phi) is 11.7. The number of aryl methyl sites for hydroxylation is 1. The molecule has 9 heteroatoms. The van der Waals surface area contributed by atoms with E-state index in [9.17, 15) is 0 Å². The number of rotatable bonds is 10. The third kappa shape index (κ3) is 8.29. The highest BCUT2D eigenvalue weighted by molar-refractivity contribution is 14.0. The summed E-state index contributed by atoms with van der Waals surface area (Å²) >= 11 is 0. The van der Waals surface area contributed by atoms with Crippen molar-refractivity contribution in [2.24, 2.45) is 4.99 Å². The molecule has 1 aliphatic rings. The molecule has 1 aromatic heterocycles. The van der Waals surface area contributed by atoms with Crippen molar-refractivity contribution in [2.45, 2.75) is 33.2 Å². The summed E-state index contributed by atoms with van der Waals surface area (Å²) in [6.45, 7) is 13.1. The Morgan fingerprint density at radius 2 is 1.81 bits per heavy atom. The summed E-state index contributed by atoms with van der Waals surface area (Å²) in [6.07, 6.45) is 3.77. The van der Waals surface area contributed by atoms with Crippen LogP contribution in [0.5, 0.6) is 0 Å². The van der Waals surface area contributed by atoms with Gasteiger partial charge in [0.2, 0.25) is 0 Å². The molecule has 172 valence electrons. The smallest absolute Gasteiger partial charge is 0.191 e. The Hall–Kier alpha value is -1.88. The van der Waals surface area contributed by atoms with Crippen molar-refractivity contribution in [3.05, 3.63) is 42.5 Å². The van der Waals surface area contributed by atoms with Gasteiger partial charge in [0.25, 0.3) is 0 Å². The zero-order valence-corrected chi connectivity index (χ0v) is 21.2. The van der Waals surface area contributed by atoms with E-state index >= 15 is 0 Å². The lowest BCUT2D eigenvalue weighted by Crippen LogP contribution is -2.46. The van der Waals surface area contributed by atoms with Crippen molar-refractivity contribution in [3.63, 3.8) is 0 Å². The molecule has 0 bridgehead atoms. The Bertz CT molecular complexity index is 756. The maximum absolute atomic E-state index is 4.74. The summed E-state index contributed by atoms with van der Waals surface area (Å²) in [5, 5.41) is 14.9. The van der Waals surface area contributed by atoms with E-state index in [-0.39, 0.29) is 24.0 Å². The zero-order chi connectivity index (χ0) is 21.0. The normalized spacial score (nSPS) is 14.9. The maximum Gasteiger partial charge on any atom is 0.191 e. The van der Waals surface area contributed by atoms with Crippen LogP contribution in [0.1, 0.15) is 26.1 Å². The first-order valence-electron chi connectivity index (χ1n) is 11.2. The van der Waals surface area contributed by atoms with E-state index in [1.807, 2.05) is 0 Å². The summed E-state index contributed by atoms with van der Waals surface area (Å²) < 4.78 is 2.09. The maximum atomic E-state index is 4.74. The second-order valence-electron chi connectivity index (χ2n) is 7.50. The predicted octanol–water partition coefficient (Wildman–Crippen LogP) is 2.23. The van der Waals surface area contributed by atoms with Crippen LogP contribution in [0.2, 0.25) is 0 Å². The van der Waals surface area contributed by atoms with Gasteiger partial charge in [-0.3, -0.25) is 9.89 Å². The molecular formula is C22H37IN8. The molecule has 0 unspecified atom stereocenters. The van der Waals surface area contributed by atoms with E-state index in [1.165, 1.54) is 5.69 Å². The molecule has 1 saturated heterocycles. The minimum Gasteiger partial charge on any atom is -0.369 e. The van der Waals surface area contributed by atoms with Crippen LogP contribution in [-0.4, -0.2) is 78.0 Å². The highest BCUT2D eigenvalue weighted by Crippen LogP contribution is 2.15. The third-order valence-corrected chi connectivity index (χ3v) is 5.40. The van der Waals surface area contributed by atoms with E-state index in [4.69, 9.17) is 4.99 Å². The second-order valence-corrected chi connectivity index (χ2v) is 7.50. The molecular weight excluding hydrogens is 503 g/mol. The summed E-state index contributed by atoms with van der Waals surface area (Å²) in [6, 6.07) is 10.7. The minimum atomic E-state index is 0. The first-order valence-corrected chi connectivity index (χ1v) is 11.2. The molecule has 1 aliphatic heterocycles. The number of nitrogens with zero attached hydrogens (tertiary/aromatic N) is 6. The number of anilines is 1. The van der Waals surface area contributed by atoms with Gasteiger partial charge >= 0.3 is 0 Å². The lowest BCUT2D eigenvalue weighted by Gasteiger charge is -2.36. The van der Waals surface area contributed by atoms with Gasteiger partial charge in [0.05, 0.1) is 0 Å². The largest absolute Gasteiger partial charge is 0.369 e. The number of nitrogens with one attached hydrogen (secondary N) is 2. The van der Waals surface area contributed by atoms with Gasteiger partial charge in [-0.05, 0) is 25.5 Å². The number of guanidine groups is 1. The van der Waals surface area contributed by atoms with Crippen molar-refractivity contribution < 1.29 is 0 Å². The Labute approximate surface area is 203 Å². The van der Waals surface area contributed by atoms with Gasteiger partial charge in [-0.15, -0.1) is 34.2 Å². The summed E-state index contributed by atoms with van der Waals surface area (Å²) in [4.78, 5) is 9.76. The molecule has 3 rings (SSSR count). The van der Waals surface area contributed by atoms with Crippen molar-refractivity contribution in [3.8, 4) is 0 Å². The summed E-state index contributed by atoms with van der Waals surface area (Å²) in [5.41, 5.74) is 1.33. The van der Waals surface area contributed by atoms with E-state index in [0.29, 0.717) is 0 Å². The number of para-hydroxylation sites is 1. The SMILES string of the molecule is CCNC(=NCCCN1CCN(c2ccccc2)CC1)NCCn1cnnc1CC.I. The lowest BCUT2D eigenvalue weighted by molar-refractivity contribution is 0.256. The van der Waals surface area contributed by atoms with Gasteiger partial charge in [0, 0.05) is 71.0 Å². The summed E-state index contributed by atoms with van der Waals surface area (Å²) in [7, 11) is 0. The molecule has 0 saturated carbocycles. The molecule has 1 aromatic carbocycles. The van der Waals surface area contributed by atoms with Gasteiger partial charge in [0.1, 0.15) is 12.2 Å². The van der Waals surface area contributed by atoms with E-state index in [1.54, 1.807) is 6.33 Å². The van der Waals surface area contributed by atoms with Gasteiger partial charge in [-0.1, -0.05) is 25.1 Å². The zero-order valence-electron chi connectivity index (χ0n) is 18.8. The average Bonchev–Trinajstić information content (AvgIpc) is 3.25. The fourth-order valence-corrected chi connectivity index (χ4v) is 3.73.